The van der Waals surface area contributed by atoms with E-state index >= 15 is 0 Å². The maximum Gasteiger partial charge on any atom is 0.360 e. The van der Waals surface area contributed by atoms with Crippen LogP contribution >= 0.6 is 0 Å². The van der Waals surface area contributed by atoms with E-state index < -0.39 is 5.97 Å². The number of nitrogen functional groups attached to an aromatic ring is 1. The first-order chi connectivity index (χ1) is 8.61. The molecule has 6 nitrogen and oxygen atoms in total. The Kier molecular flexibility index (Phi) is 3.09. The van der Waals surface area contributed by atoms with Gasteiger partial charge in [-0.05, 0) is 12.1 Å². The summed E-state index contributed by atoms with van der Waals surface area (Å²) < 4.78 is 4.56. The van der Waals surface area contributed by atoms with Crippen LogP contribution in [0.5, 0.6) is 5.75 Å². The summed E-state index contributed by atoms with van der Waals surface area (Å²) >= 11 is 0. The van der Waals surface area contributed by atoms with Crippen molar-refractivity contribution in [2.24, 2.45) is 0 Å². The molecule has 0 atom stereocenters. The summed E-state index contributed by atoms with van der Waals surface area (Å²) in [6, 6.07) is 6.46. The van der Waals surface area contributed by atoms with Crippen LogP contribution in [0, 0.1) is 0 Å². The Morgan fingerprint density at radius 2 is 2.22 bits per heavy atom. The molecule has 2 aromatic rings. The number of nitrogens with two attached hydrogens (primary N) is 1. The molecule has 0 bridgehead atoms. The number of hydrogen-bond donors (Lipinski definition) is 2. The zero-order valence-corrected chi connectivity index (χ0v) is 9.62. The quantitative estimate of drug-likeness (QED) is 0.772. The maximum absolute atomic E-state index is 11.4. The lowest BCUT2D eigenvalue weighted by Crippen LogP contribution is -2.10. The number of nitrogens with zero attached hydrogens (tertiary/aromatic N) is 2. The minimum atomic E-state index is -0.651. The van der Waals surface area contributed by atoms with Gasteiger partial charge in [0.1, 0.15) is 5.75 Å². The van der Waals surface area contributed by atoms with Gasteiger partial charge in [-0.3, -0.25) is 0 Å². The maximum atomic E-state index is 11.4. The van der Waals surface area contributed by atoms with Gasteiger partial charge in [0, 0.05) is 5.56 Å². The van der Waals surface area contributed by atoms with Gasteiger partial charge in [-0.1, -0.05) is 12.1 Å². The standard InChI is InChI=1S/C12H11N3O3/c1-18-12(17)10-11(13)14-6-9(15-10)7-3-2-4-8(16)5-7/h2-6,16H,1H3,(H2,13,14). The topological polar surface area (TPSA) is 98.3 Å². The summed E-state index contributed by atoms with van der Waals surface area (Å²) in [6.07, 6.45) is 1.43. The first kappa shape index (κ1) is 11.8. The fourth-order valence-corrected chi connectivity index (χ4v) is 1.45. The van der Waals surface area contributed by atoms with Gasteiger partial charge < -0.3 is 15.6 Å². The second kappa shape index (κ2) is 4.70. The van der Waals surface area contributed by atoms with Crippen molar-refractivity contribution < 1.29 is 14.6 Å². The summed E-state index contributed by atoms with van der Waals surface area (Å²) in [4.78, 5) is 19.4. The normalized spacial score (nSPS) is 10.1. The Balaban J connectivity index is 2.50. The molecule has 0 unspecified atom stereocenters. The van der Waals surface area contributed by atoms with Crippen LogP contribution in [-0.2, 0) is 4.74 Å². The van der Waals surface area contributed by atoms with Gasteiger partial charge in [0.25, 0.3) is 0 Å². The second-order valence-electron chi connectivity index (χ2n) is 3.53. The molecule has 0 saturated heterocycles. The van der Waals surface area contributed by atoms with Crippen molar-refractivity contribution >= 4 is 11.8 Å². The molecule has 0 saturated carbocycles. The van der Waals surface area contributed by atoms with Crippen molar-refractivity contribution in [3.63, 3.8) is 0 Å². The van der Waals surface area contributed by atoms with E-state index in [2.05, 4.69) is 14.7 Å². The van der Waals surface area contributed by atoms with Crippen molar-refractivity contribution in [1.82, 2.24) is 9.97 Å². The van der Waals surface area contributed by atoms with Crippen molar-refractivity contribution in [1.29, 1.82) is 0 Å². The molecule has 0 aliphatic carbocycles. The van der Waals surface area contributed by atoms with Crippen LogP contribution < -0.4 is 5.73 Å². The van der Waals surface area contributed by atoms with Gasteiger partial charge >= 0.3 is 5.97 Å². The highest BCUT2D eigenvalue weighted by atomic mass is 16.5. The van der Waals surface area contributed by atoms with Gasteiger partial charge in [-0.25, -0.2) is 14.8 Å². The minimum Gasteiger partial charge on any atom is -0.508 e. The number of esters is 1. The number of phenolic OH excluding ortho intramolecular Hbond substituents is 1. The molecule has 0 aliphatic heterocycles. The second-order valence-corrected chi connectivity index (χ2v) is 3.53. The Bertz CT molecular complexity index is 599. The van der Waals surface area contributed by atoms with Gasteiger partial charge in [-0.2, -0.15) is 0 Å². The van der Waals surface area contributed by atoms with Gasteiger partial charge in [0.05, 0.1) is 19.0 Å². The Morgan fingerprint density at radius 3 is 2.89 bits per heavy atom. The van der Waals surface area contributed by atoms with Crippen LogP contribution in [0.25, 0.3) is 11.3 Å². The molecule has 2 rings (SSSR count). The van der Waals surface area contributed by atoms with Crippen LogP contribution in [0.3, 0.4) is 0 Å². The Morgan fingerprint density at radius 1 is 1.44 bits per heavy atom. The number of rotatable bonds is 2. The predicted molar refractivity (Wildman–Crippen MR) is 64.9 cm³/mol. The van der Waals surface area contributed by atoms with Crippen molar-refractivity contribution in [3.8, 4) is 17.0 Å². The zero-order valence-electron chi connectivity index (χ0n) is 9.62. The summed E-state index contributed by atoms with van der Waals surface area (Å²) in [5, 5.41) is 9.39. The van der Waals surface area contributed by atoms with E-state index in [0.29, 0.717) is 11.3 Å². The first-order valence-corrected chi connectivity index (χ1v) is 5.12. The lowest BCUT2D eigenvalue weighted by atomic mass is 10.1. The lowest BCUT2D eigenvalue weighted by Gasteiger charge is -2.05. The van der Waals surface area contributed by atoms with E-state index in [-0.39, 0.29) is 17.3 Å². The fourth-order valence-electron chi connectivity index (χ4n) is 1.45. The molecular weight excluding hydrogens is 234 g/mol. The molecule has 3 N–H and O–H groups in total. The van der Waals surface area contributed by atoms with E-state index in [1.165, 1.54) is 25.4 Å². The number of hydrogen-bond acceptors (Lipinski definition) is 6. The number of aromatic nitrogens is 2. The molecule has 6 heteroatoms. The number of ether oxygens (including phenoxy) is 1. The Labute approximate surface area is 103 Å². The summed E-state index contributed by atoms with van der Waals surface area (Å²) in [6.45, 7) is 0. The van der Waals surface area contributed by atoms with Crippen LogP contribution in [-0.4, -0.2) is 28.2 Å². The molecule has 0 aliphatic rings. The number of benzene rings is 1. The van der Waals surface area contributed by atoms with E-state index in [1.54, 1.807) is 12.1 Å². The molecular formula is C12H11N3O3. The first-order valence-electron chi connectivity index (χ1n) is 5.12. The summed E-state index contributed by atoms with van der Waals surface area (Å²) in [5.74, 6) is -0.543. The Hall–Kier alpha value is -2.63. The number of aromatic hydroxyl groups is 1. The molecule has 0 radical (unpaired) electrons. The highest BCUT2D eigenvalue weighted by molar-refractivity contribution is 5.92. The smallest absolute Gasteiger partial charge is 0.360 e. The summed E-state index contributed by atoms with van der Waals surface area (Å²) in [5.41, 5.74) is 6.57. The van der Waals surface area contributed by atoms with Crippen molar-refractivity contribution in [3.05, 3.63) is 36.2 Å². The molecule has 0 fully saturated rings. The fraction of sp³-hybridized carbons (Fsp3) is 0.0833. The highest BCUT2D eigenvalue weighted by Crippen LogP contribution is 2.22. The van der Waals surface area contributed by atoms with Crippen molar-refractivity contribution in [2.75, 3.05) is 12.8 Å². The molecule has 0 spiro atoms. The van der Waals surface area contributed by atoms with Crippen LogP contribution in [0.15, 0.2) is 30.5 Å². The number of methoxy groups -OCH3 is 1. The SMILES string of the molecule is COC(=O)c1nc(-c2cccc(O)c2)cnc1N. The molecule has 92 valence electrons. The largest absolute Gasteiger partial charge is 0.508 e. The molecule has 1 heterocycles. The van der Waals surface area contributed by atoms with E-state index in [0.717, 1.165) is 0 Å². The molecule has 0 amide bonds. The predicted octanol–water partition coefficient (Wildman–Crippen LogP) is 1.22. The number of anilines is 1. The lowest BCUT2D eigenvalue weighted by molar-refractivity contribution is 0.0595. The number of phenols is 1. The third kappa shape index (κ3) is 2.22. The average molecular weight is 245 g/mol. The van der Waals surface area contributed by atoms with E-state index in [1.807, 2.05) is 0 Å². The van der Waals surface area contributed by atoms with E-state index in [4.69, 9.17) is 5.73 Å². The van der Waals surface area contributed by atoms with Gasteiger partial charge in [0.15, 0.2) is 11.5 Å². The number of carbonyl (C=O) groups is 1. The minimum absolute atomic E-state index is 0.00533. The third-order valence-electron chi connectivity index (χ3n) is 2.32. The van der Waals surface area contributed by atoms with Gasteiger partial charge in [0.2, 0.25) is 0 Å². The van der Waals surface area contributed by atoms with Crippen molar-refractivity contribution in [2.45, 2.75) is 0 Å². The zero-order chi connectivity index (χ0) is 13.1. The van der Waals surface area contributed by atoms with Crippen LogP contribution in [0.4, 0.5) is 5.82 Å². The summed E-state index contributed by atoms with van der Waals surface area (Å²) in [7, 11) is 1.24. The number of carbonyl (C=O) groups excluding carboxylic acids is 1. The molecule has 1 aromatic heterocycles. The van der Waals surface area contributed by atoms with Crippen LogP contribution in [0.1, 0.15) is 10.5 Å². The molecule has 18 heavy (non-hydrogen) atoms. The van der Waals surface area contributed by atoms with Gasteiger partial charge in [-0.15, -0.1) is 0 Å². The highest BCUT2D eigenvalue weighted by Gasteiger charge is 2.14. The third-order valence-corrected chi connectivity index (χ3v) is 2.32. The average Bonchev–Trinajstić information content (AvgIpc) is 2.38. The monoisotopic (exact) mass is 245 g/mol. The van der Waals surface area contributed by atoms with E-state index in [9.17, 15) is 9.90 Å². The molecule has 1 aromatic carbocycles. The van der Waals surface area contributed by atoms with Crippen LogP contribution in [0.2, 0.25) is 0 Å².